The summed E-state index contributed by atoms with van der Waals surface area (Å²) in [6, 6.07) is 9.45. The summed E-state index contributed by atoms with van der Waals surface area (Å²) in [6.07, 6.45) is 0. The molecule has 0 saturated carbocycles. The highest BCUT2D eigenvalue weighted by Gasteiger charge is 2.39. The summed E-state index contributed by atoms with van der Waals surface area (Å²) in [5.41, 5.74) is 1.20. The van der Waals surface area contributed by atoms with E-state index < -0.39 is 0 Å². The van der Waals surface area contributed by atoms with E-state index in [0.717, 1.165) is 22.1 Å². The number of hydrogen-bond acceptors (Lipinski definition) is 5. The van der Waals surface area contributed by atoms with Crippen LogP contribution in [0.3, 0.4) is 0 Å². The summed E-state index contributed by atoms with van der Waals surface area (Å²) in [6.45, 7) is 6.30. The van der Waals surface area contributed by atoms with Crippen molar-refractivity contribution >= 4 is 23.2 Å². The summed E-state index contributed by atoms with van der Waals surface area (Å²) in [7, 11) is 0. The van der Waals surface area contributed by atoms with Crippen LogP contribution in [-0.4, -0.2) is 46.0 Å². The summed E-state index contributed by atoms with van der Waals surface area (Å²) in [5, 5.41) is 10.1. The number of H-pyrrole nitrogens is 1. The number of amides is 2. The fourth-order valence-electron chi connectivity index (χ4n) is 3.62. The highest BCUT2D eigenvalue weighted by atomic mass is 32.1. The van der Waals surface area contributed by atoms with Gasteiger partial charge in [-0.1, -0.05) is 0 Å². The number of likely N-dealkylation sites (tertiary alicyclic amines) is 1. The van der Waals surface area contributed by atoms with E-state index in [-0.39, 0.29) is 23.8 Å². The predicted octanol–water partition coefficient (Wildman–Crippen LogP) is 3.09. The van der Waals surface area contributed by atoms with E-state index >= 15 is 0 Å². The van der Waals surface area contributed by atoms with Crippen molar-refractivity contribution in [1.82, 2.24) is 20.4 Å². The molecule has 0 aromatic carbocycles. The predicted molar refractivity (Wildman–Crippen MR) is 106 cm³/mol. The lowest BCUT2D eigenvalue weighted by molar-refractivity contribution is -0.119. The van der Waals surface area contributed by atoms with Crippen LogP contribution in [0.15, 0.2) is 34.7 Å². The highest BCUT2D eigenvalue weighted by molar-refractivity contribution is 7.15. The average Bonchev–Trinajstić information content (AvgIpc) is 3.40. The Kier molecular flexibility index (Phi) is 4.80. The topological polar surface area (TPSA) is 91.2 Å². The van der Waals surface area contributed by atoms with Crippen LogP contribution in [0.5, 0.6) is 0 Å². The number of furan rings is 1. The fourth-order valence-corrected chi connectivity index (χ4v) is 4.45. The number of aromatic amines is 1. The van der Waals surface area contributed by atoms with Gasteiger partial charge in [0.25, 0.3) is 5.91 Å². The van der Waals surface area contributed by atoms with Crippen LogP contribution in [0.4, 0.5) is 0 Å². The maximum absolute atomic E-state index is 13.0. The molecule has 8 heteroatoms. The Bertz CT molecular complexity index is 1020. The second kappa shape index (κ2) is 7.27. The maximum atomic E-state index is 13.0. The van der Waals surface area contributed by atoms with Gasteiger partial charge in [0, 0.05) is 24.9 Å². The van der Waals surface area contributed by atoms with Crippen molar-refractivity contribution in [3.05, 3.63) is 52.4 Å². The molecule has 4 rings (SSSR count). The average molecular weight is 398 g/mol. The zero-order valence-electron chi connectivity index (χ0n) is 16.0. The minimum Gasteiger partial charge on any atom is -0.466 e. The van der Waals surface area contributed by atoms with E-state index in [0.29, 0.717) is 18.8 Å². The normalized spacial score (nSPS) is 19.2. The van der Waals surface area contributed by atoms with Crippen molar-refractivity contribution < 1.29 is 14.0 Å². The first-order chi connectivity index (χ1) is 13.4. The molecular weight excluding hydrogens is 376 g/mol. The van der Waals surface area contributed by atoms with E-state index in [1.165, 1.54) is 11.8 Å². The van der Waals surface area contributed by atoms with Crippen molar-refractivity contribution in [3.8, 4) is 10.6 Å². The Morgan fingerprint density at radius 1 is 1.25 bits per heavy atom. The van der Waals surface area contributed by atoms with Crippen LogP contribution < -0.4 is 5.32 Å². The number of hydrogen-bond donors (Lipinski definition) is 2. The van der Waals surface area contributed by atoms with Crippen LogP contribution in [0.2, 0.25) is 0 Å². The summed E-state index contributed by atoms with van der Waals surface area (Å²) < 4.78 is 5.77. The SMILES string of the molecule is CC(=O)N[C@@H]1CN(C(=O)c2cc(-c3ccc(C)s3)[nH]n2)C[C@H]1c1ccc(C)o1. The number of nitrogens with one attached hydrogen (secondary N) is 2. The number of aryl methyl sites for hydroxylation is 2. The number of nitrogens with zero attached hydrogens (tertiary/aromatic N) is 2. The van der Waals surface area contributed by atoms with Crippen molar-refractivity contribution in [2.24, 2.45) is 0 Å². The third kappa shape index (κ3) is 3.60. The number of aromatic nitrogens is 2. The molecule has 2 amide bonds. The van der Waals surface area contributed by atoms with Gasteiger partial charge < -0.3 is 14.6 Å². The summed E-state index contributed by atoms with van der Waals surface area (Å²) in [4.78, 5) is 28.6. The molecule has 3 aromatic rings. The molecule has 1 aliphatic rings. The molecule has 1 fully saturated rings. The molecule has 28 heavy (non-hydrogen) atoms. The van der Waals surface area contributed by atoms with Crippen LogP contribution in [0.1, 0.15) is 39.7 Å². The number of carbonyl (C=O) groups excluding carboxylic acids is 2. The molecule has 1 saturated heterocycles. The van der Waals surface area contributed by atoms with E-state index in [1.54, 1.807) is 22.3 Å². The first-order valence-corrected chi connectivity index (χ1v) is 9.97. The third-order valence-corrected chi connectivity index (χ3v) is 5.96. The van der Waals surface area contributed by atoms with E-state index in [4.69, 9.17) is 4.42 Å². The second-order valence-electron chi connectivity index (χ2n) is 7.15. The smallest absolute Gasteiger partial charge is 0.274 e. The molecule has 2 N–H and O–H groups in total. The Morgan fingerprint density at radius 2 is 2.07 bits per heavy atom. The molecule has 4 heterocycles. The van der Waals surface area contributed by atoms with Crippen molar-refractivity contribution in [3.63, 3.8) is 0 Å². The van der Waals surface area contributed by atoms with Crippen LogP contribution >= 0.6 is 11.3 Å². The monoisotopic (exact) mass is 398 g/mol. The Hall–Kier alpha value is -2.87. The van der Waals surface area contributed by atoms with Crippen LogP contribution in [0.25, 0.3) is 10.6 Å². The zero-order valence-corrected chi connectivity index (χ0v) is 16.8. The third-order valence-electron chi connectivity index (χ3n) is 4.93. The Morgan fingerprint density at radius 3 is 2.71 bits per heavy atom. The van der Waals surface area contributed by atoms with Crippen LogP contribution in [0, 0.1) is 13.8 Å². The van der Waals surface area contributed by atoms with Gasteiger partial charge in [-0.3, -0.25) is 14.7 Å². The lowest BCUT2D eigenvalue weighted by Crippen LogP contribution is -2.39. The Labute approximate surface area is 166 Å². The molecular formula is C20H22N4O3S. The van der Waals surface area contributed by atoms with Gasteiger partial charge in [-0.2, -0.15) is 5.10 Å². The van der Waals surface area contributed by atoms with Gasteiger partial charge >= 0.3 is 0 Å². The van der Waals surface area contributed by atoms with Gasteiger partial charge in [-0.25, -0.2) is 0 Å². The lowest BCUT2D eigenvalue weighted by Gasteiger charge is -2.16. The molecule has 146 valence electrons. The quantitative estimate of drug-likeness (QED) is 0.706. The molecule has 0 spiro atoms. The summed E-state index contributed by atoms with van der Waals surface area (Å²) in [5.74, 6) is 1.23. The van der Waals surface area contributed by atoms with Crippen LogP contribution in [-0.2, 0) is 4.79 Å². The van der Waals surface area contributed by atoms with E-state index in [2.05, 4.69) is 15.5 Å². The molecule has 3 aromatic heterocycles. The van der Waals surface area contributed by atoms with Gasteiger partial charge in [-0.15, -0.1) is 11.3 Å². The van der Waals surface area contributed by atoms with E-state index in [1.807, 2.05) is 38.1 Å². The molecule has 0 unspecified atom stereocenters. The second-order valence-corrected chi connectivity index (χ2v) is 8.44. The lowest BCUT2D eigenvalue weighted by atomic mass is 10.0. The minimum atomic E-state index is -0.189. The molecule has 0 bridgehead atoms. The first kappa shape index (κ1) is 18.5. The number of thiophene rings is 1. The van der Waals surface area contributed by atoms with Gasteiger partial charge in [0.1, 0.15) is 11.5 Å². The molecule has 7 nitrogen and oxygen atoms in total. The van der Waals surface area contributed by atoms with Gasteiger partial charge in [-0.05, 0) is 44.2 Å². The minimum absolute atomic E-state index is 0.0834. The molecule has 0 aliphatic carbocycles. The first-order valence-electron chi connectivity index (χ1n) is 9.15. The van der Waals surface area contributed by atoms with Crippen molar-refractivity contribution in [2.75, 3.05) is 13.1 Å². The van der Waals surface area contributed by atoms with Crippen molar-refractivity contribution in [1.29, 1.82) is 0 Å². The summed E-state index contributed by atoms with van der Waals surface area (Å²) >= 11 is 1.65. The molecule has 1 aliphatic heterocycles. The van der Waals surface area contributed by atoms with Gasteiger partial charge in [0.05, 0.1) is 22.5 Å². The zero-order chi connectivity index (χ0) is 19.8. The Balaban J connectivity index is 1.54. The number of carbonyl (C=O) groups is 2. The van der Waals surface area contributed by atoms with E-state index in [9.17, 15) is 9.59 Å². The number of rotatable bonds is 4. The van der Waals surface area contributed by atoms with Gasteiger partial charge in [0.2, 0.25) is 5.91 Å². The van der Waals surface area contributed by atoms with Gasteiger partial charge in [0.15, 0.2) is 5.69 Å². The molecule has 0 radical (unpaired) electrons. The largest absolute Gasteiger partial charge is 0.466 e. The standard InChI is InChI=1S/C20H22N4O3S/c1-11-4-6-18(27-11)14-9-24(10-17(14)21-13(3)25)20(26)16-8-15(22-23-16)19-7-5-12(2)28-19/h4-8,14,17H,9-10H2,1-3H3,(H,21,25)(H,22,23)/t14-,17-/m1/s1. The van der Waals surface area contributed by atoms with Crippen molar-refractivity contribution in [2.45, 2.75) is 32.7 Å². The highest BCUT2D eigenvalue weighted by Crippen LogP contribution is 2.31. The fraction of sp³-hybridized carbons (Fsp3) is 0.350. The molecule has 2 atom stereocenters. The maximum Gasteiger partial charge on any atom is 0.274 e.